The first kappa shape index (κ1) is 15.0. The molecular weight excluding hydrogens is 288 g/mol. The van der Waals surface area contributed by atoms with E-state index in [0.29, 0.717) is 18.7 Å². The Kier molecular flexibility index (Phi) is 4.52. The molecule has 1 heterocycles. The molecule has 23 heavy (non-hydrogen) atoms. The number of aromatic nitrogens is 1. The number of carbonyl (C=O) groups is 1. The van der Waals surface area contributed by atoms with Gasteiger partial charge in [0.25, 0.3) is 5.91 Å². The Morgan fingerprint density at radius 2 is 1.83 bits per heavy atom. The Labute approximate surface area is 135 Å². The first-order chi connectivity index (χ1) is 11.2. The van der Waals surface area contributed by atoms with Crippen molar-refractivity contribution in [3.63, 3.8) is 0 Å². The summed E-state index contributed by atoms with van der Waals surface area (Å²) in [6.07, 6.45) is 0. The molecule has 0 bridgehead atoms. The second kappa shape index (κ2) is 6.92. The van der Waals surface area contributed by atoms with Crippen molar-refractivity contribution in [1.29, 1.82) is 0 Å². The van der Waals surface area contributed by atoms with Gasteiger partial charge in [0.15, 0.2) is 0 Å². The van der Waals surface area contributed by atoms with Gasteiger partial charge in [-0.3, -0.25) is 9.78 Å². The van der Waals surface area contributed by atoms with Crippen LogP contribution in [0.5, 0.6) is 5.75 Å². The molecule has 0 spiro atoms. The molecule has 1 aromatic heterocycles. The van der Waals surface area contributed by atoms with Crippen LogP contribution in [-0.2, 0) is 0 Å². The van der Waals surface area contributed by atoms with Crippen molar-refractivity contribution in [1.82, 2.24) is 10.3 Å². The van der Waals surface area contributed by atoms with Crippen LogP contribution >= 0.6 is 0 Å². The minimum atomic E-state index is -0.108. The zero-order valence-electron chi connectivity index (χ0n) is 13.0. The van der Waals surface area contributed by atoms with E-state index in [4.69, 9.17) is 4.74 Å². The topological polar surface area (TPSA) is 51.2 Å². The molecule has 0 fully saturated rings. The van der Waals surface area contributed by atoms with E-state index in [1.54, 1.807) is 0 Å². The van der Waals surface area contributed by atoms with Crippen molar-refractivity contribution in [3.8, 4) is 5.75 Å². The van der Waals surface area contributed by atoms with Crippen molar-refractivity contribution in [2.24, 2.45) is 0 Å². The lowest BCUT2D eigenvalue weighted by Crippen LogP contribution is -2.28. The maximum absolute atomic E-state index is 12.4. The quantitative estimate of drug-likeness (QED) is 0.735. The van der Waals surface area contributed by atoms with Crippen LogP contribution in [0, 0.1) is 6.92 Å². The van der Waals surface area contributed by atoms with E-state index < -0.39 is 0 Å². The summed E-state index contributed by atoms with van der Waals surface area (Å²) in [5, 5.41) is 3.76. The summed E-state index contributed by atoms with van der Waals surface area (Å²) in [5.74, 6) is 0.690. The van der Waals surface area contributed by atoms with Gasteiger partial charge in [0.05, 0.1) is 17.6 Å². The average molecular weight is 306 g/mol. The summed E-state index contributed by atoms with van der Waals surface area (Å²) in [4.78, 5) is 16.9. The summed E-state index contributed by atoms with van der Waals surface area (Å²) in [5.41, 5.74) is 2.31. The average Bonchev–Trinajstić information content (AvgIpc) is 2.58. The van der Waals surface area contributed by atoms with E-state index in [-0.39, 0.29) is 5.91 Å². The molecule has 2 aromatic carbocycles. The number of nitrogens with one attached hydrogen (secondary N) is 1. The number of hydrogen-bond acceptors (Lipinski definition) is 3. The van der Waals surface area contributed by atoms with Gasteiger partial charge >= 0.3 is 0 Å². The lowest BCUT2D eigenvalue weighted by molar-refractivity contribution is 0.0948. The first-order valence-electron chi connectivity index (χ1n) is 7.56. The number of aryl methyl sites for hydroxylation is 1. The Hall–Kier alpha value is -2.88. The van der Waals surface area contributed by atoms with Crippen LogP contribution in [0.1, 0.15) is 16.1 Å². The fraction of sp³-hybridized carbons (Fsp3) is 0.158. The highest BCUT2D eigenvalue weighted by Gasteiger charge is 2.11. The number of hydrogen-bond donors (Lipinski definition) is 1. The smallest absolute Gasteiger partial charge is 0.252 e. The monoisotopic (exact) mass is 306 g/mol. The second-order valence-electron chi connectivity index (χ2n) is 5.25. The van der Waals surface area contributed by atoms with Crippen molar-refractivity contribution in [3.05, 3.63) is 71.9 Å². The van der Waals surface area contributed by atoms with E-state index in [1.165, 1.54) is 0 Å². The molecular formula is C19H18N2O2. The molecule has 0 saturated carbocycles. The Morgan fingerprint density at radius 3 is 2.65 bits per heavy atom. The highest BCUT2D eigenvalue weighted by atomic mass is 16.5. The fourth-order valence-electron chi connectivity index (χ4n) is 2.44. The summed E-state index contributed by atoms with van der Waals surface area (Å²) in [6, 6.07) is 19.0. The van der Waals surface area contributed by atoms with Gasteiger partial charge in [-0.1, -0.05) is 36.4 Å². The van der Waals surface area contributed by atoms with Gasteiger partial charge in [-0.25, -0.2) is 0 Å². The second-order valence-corrected chi connectivity index (χ2v) is 5.25. The third kappa shape index (κ3) is 3.66. The van der Waals surface area contributed by atoms with Gasteiger partial charge in [-0.15, -0.1) is 0 Å². The fourth-order valence-corrected chi connectivity index (χ4v) is 2.44. The van der Waals surface area contributed by atoms with E-state index >= 15 is 0 Å². The Bertz CT molecular complexity index is 816. The van der Waals surface area contributed by atoms with E-state index in [0.717, 1.165) is 22.3 Å². The SMILES string of the molecule is Cc1cc(C(=O)NCCOc2ccccc2)c2ccccc2n1. The van der Waals surface area contributed by atoms with Gasteiger partial charge in [0, 0.05) is 11.1 Å². The van der Waals surface area contributed by atoms with E-state index in [1.807, 2.05) is 67.6 Å². The maximum Gasteiger partial charge on any atom is 0.252 e. The molecule has 0 radical (unpaired) electrons. The van der Waals surface area contributed by atoms with Crippen LogP contribution in [-0.4, -0.2) is 24.0 Å². The molecule has 3 rings (SSSR count). The zero-order valence-corrected chi connectivity index (χ0v) is 13.0. The molecule has 4 nitrogen and oxygen atoms in total. The number of pyridine rings is 1. The molecule has 0 atom stereocenters. The highest BCUT2D eigenvalue weighted by Crippen LogP contribution is 2.18. The van der Waals surface area contributed by atoms with Crippen LogP contribution in [0.2, 0.25) is 0 Å². The zero-order chi connectivity index (χ0) is 16.1. The molecule has 0 aliphatic heterocycles. The summed E-state index contributed by atoms with van der Waals surface area (Å²) < 4.78 is 5.58. The Morgan fingerprint density at radius 1 is 1.09 bits per heavy atom. The molecule has 1 amide bonds. The Balaban J connectivity index is 1.64. The van der Waals surface area contributed by atoms with Crippen LogP contribution < -0.4 is 10.1 Å². The van der Waals surface area contributed by atoms with Crippen molar-refractivity contribution in [2.75, 3.05) is 13.2 Å². The van der Waals surface area contributed by atoms with Gasteiger partial charge in [0.2, 0.25) is 0 Å². The molecule has 0 aliphatic rings. The highest BCUT2D eigenvalue weighted by molar-refractivity contribution is 6.06. The van der Waals surface area contributed by atoms with E-state index in [9.17, 15) is 4.79 Å². The van der Waals surface area contributed by atoms with Crippen LogP contribution in [0.25, 0.3) is 10.9 Å². The molecule has 116 valence electrons. The molecule has 1 N–H and O–H groups in total. The minimum absolute atomic E-state index is 0.108. The summed E-state index contributed by atoms with van der Waals surface area (Å²) >= 11 is 0. The number of benzene rings is 2. The maximum atomic E-state index is 12.4. The third-order valence-electron chi connectivity index (χ3n) is 3.49. The molecule has 4 heteroatoms. The number of para-hydroxylation sites is 2. The van der Waals surface area contributed by atoms with Crippen molar-refractivity contribution < 1.29 is 9.53 Å². The van der Waals surface area contributed by atoms with Crippen LogP contribution in [0.15, 0.2) is 60.7 Å². The largest absolute Gasteiger partial charge is 0.492 e. The molecule has 0 aliphatic carbocycles. The number of ether oxygens (including phenoxy) is 1. The van der Waals surface area contributed by atoms with Gasteiger partial charge < -0.3 is 10.1 Å². The van der Waals surface area contributed by atoms with E-state index in [2.05, 4.69) is 10.3 Å². The van der Waals surface area contributed by atoms with Gasteiger partial charge in [-0.2, -0.15) is 0 Å². The number of nitrogens with zero attached hydrogens (tertiary/aromatic N) is 1. The number of fused-ring (bicyclic) bond motifs is 1. The van der Waals surface area contributed by atoms with Gasteiger partial charge in [-0.05, 0) is 31.2 Å². The van der Waals surface area contributed by atoms with Crippen molar-refractivity contribution in [2.45, 2.75) is 6.92 Å². The molecule has 0 unspecified atom stereocenters. The predicted molar refractivity (Wildman–Crippen MR) is 90.8 cm³/mol. The lowest BCUT2D eigenvalue weighted by Gasteiger charge is -2.10. The van der Waals surface area contributed by atoms with Crippen molar-refractivity contribution >= 4 is 16.8 Å². The lowest BCUT2D eigenvalue weighted by atomic mass is 10.1. The number of rotatable bonds is 5. The van der Waals surface area contributed by atoms with Crippen LogP contribution in [0.3, 0.4) is 0 Å². The number of amides is 1. The summed E-state index contributed by atoms with van der Waals surface area (Å²) in [7, 11) is 0. The normalized spacial score (nSPS) is 10.5. The van der Waals surface area contributed by atoms with Crippen LogP contribution in [0.4, 0.5) is 0 Å². The standard InChI is InChI=1S/C19H18N2O2/c1-14-13-17(16-9-5-6-10-18(16)21-14)19(22)20-11-12-23-15-7-3-2-4-8-15/h2-10,13H,11-12H2,1H3,(H,20,22). The summed E-state index contributed by atoms with van der Waals surface area (Å²) in [6.45, 7) is 2.77. The number of carbonyl (C=O) groups excluding carboxylic acids is 1. The first-order valence-corrected chi connectivity index (χ1v) is 7.56. The molecule has 3 aromatic rings. The third-order valence-corrected chi connectivity index (χ3v) is 3.49. The van der Waals surface area contributed by atoms with Gasteiger partial charge in [0.1, 0.15) is 12.4 Å². The molecule has 0 saturated heterocycles. The predicted octanol–water partition coefficient (Wildman–Crippen LogP) is 3.35. The minimum Gasteiger partial charge on any atom is -0.492 e.